The van der Waals surface area contributed by atoms with Gasteiger partial charge in [-0.25, -0.2) is 8.42 Å². The summed E-state index contributed by atoms with van der Waals surface area (Å²) < 4.78 is 24.7. The molecule has 0 unspecified atom stereocenters. The summed E-state index contributed by atoms with van der Waals surface area (Å²) in [5.74, 6) is 0.405. The van der Waals surface area contributed by atoms with E-state index in [4.69, 9.17) is 11.6 Å². The molecule has 0 amide bonds. The molecular weight excluding hydrogens is 236 g/mol. The highest BCUT2D eigenvalue weighted by atomic mass is 35.5. The van der Waals surface area contributed by atoms with Crippen LogP contribution < -0.4 is 4.31 Å². The molecule has 0 radical (unpaired) electrons. The summed E-state index contributed by atoms with van der Waals surface area (Å²) in [7, 11) is -1.75. The number of anilines is 1. The number of aromatic nitrogens is 1. The zero-order valence-corrected chi connectivity index (χ0v) is 10.0. The molecule has 1 aromatic rings. The number of rotatable bonds is 5. The van der Waals surface area contributed by atoms with Gasteiger partial charge in [0.25, 0.3) is 0 Å². The molecule has 4 nitrogen and oxygen atoms in total. The van der Waals surface area contributed by atoms with Crippen molar-refractivity contribution in [2.24, 2.45) is 0 Å². The van der Waals surface area contributed by atoms with Crippen LogP contribution >= 0.6 is 11.6 Å². The summed E-state index contributed by atoms with van der Waals surface area (Å²) in [6, 6.07) is 3.40. The highest BCUT2D eigenvalue weighted by molar-refractivity contribution is 7.92. The van der Waals surface area contributed by atoms with Crippen molar-refractivity contribution >= 4 is 27.3 Å². The topological polar surface area (TPSA) is 50.3 Å². The summed E-state index contributed by atoms with van der Waals surface area (Å²) in [5, 5.41) is 0. The maximum Gasteiger partial charge on any atom is 0.234 e. The first-order valence-corrected chi connectivity index (χ1v) is 6.65. The Morgan fingerprint density at radius 3 is 2.80 bits per heavy atom. The quantitative estimate of drug-likeness (QED) is 0.742. The van der Waals surface area contributed by atoms with E-state index in [1.807, 2.05) is 0 Å². The first-order chi connectivity index (χ1) is 7.08. The maximum absolute atomic E-state index is 11.7. The van der Waals surface area contributed by atoms with Gasteiger partial charge in [-0.15, -0.1) is 11.6 Å². The van der Waals surface area contributed by atoms with E-state index in [1.54, 1.807) is 18.3 Å². The van der Waals surface area contributed by atoms with Gasteiger partial charge in [-0.05, 0) is 18.6 Å². The zero-order chi connectivity index (χ0) is 11.3. The van der Waals surface area contributed by atoms with Crippen molar-refractivity contribution in [3.05, 3.63) is 24.5 Å². The Morgan fingerprint density at radius 1 is 1.53 bits per heavy atom. The Bertz CT molecular complexity index is 394. The Morgan fingerprint density at radius 2 is 2.27 bits per heavy atom. The molecule has 0 aliphatic heterocycles. The SMILES string of the molecule is CN(c1cccnc1)S(=O)(=O)CCCCl. The Labute approximate surface area is 94.9 Å². The lowest BCUT2D eigenvalue weighted by Gasteiger charge is -2.18. The van der Waals surface area contributed by atoms with Crippen LogP contribution in [0.3, 0.4) is 0 Å². The highest BCUT2D eigenvalue weighted by Crippen LogP contribution is 2.14. The van der Waals surface area contributed by atoms with Gasteiger partial charge in [0.15, 0.2) is 0 Å². The molecule has 1 aromatic heterocycles. The molecule has 0 aliphatic rings. The molecule has 0 aliphatic carbocycles. The Hall–Kier alpha value is -0.810. The molecule has 84 valence electrons. The first kappa shape index (κ1) is 12.3. The van der Waals surface area contributed by atoms with Crippen molar-refractivity contribution in [2.75, 3.05) is 23.0 Å². The smallest absolute Gasteiger partial charge is 0.234 e. The molecule has 0 saturated heterocycles. The van der Waals surface area contributed by atoms with Gasteiger partial charge in [-0.1, -0.05) is 0 Å². The van der Waals surface area contributed by atoms with E-state index >= 15 is 0 Å². The minimum absolute atomic E-state index is 0.0574. The number of hydrogen-bond donors (Lipinski definition) is 0. The summed E-state index contributed by atoms with van der Waals surface area (Å²) >= 11 is 5.46. The van der Waals surface area contributed by atoms with Crippen molar-refractivity contribution in [1.29, 1.82) is 0 Å². The van der Waals surface area contributed by atoms with Gasteiger partial charge in [-0.2, -0.15) is 0 Å². The summed E-state index contributed by atoms with van der Waals surface area (Å²) in [6.45, 7) is 0. The van der Waals surface area contributed by atoms with Crippen LogP contribution in [-0.2, 0) is 10.0 Å². The first-order valence-electron chi connectivity index (χ1n) is 4.50. The lowest BCUT2D eigenvalue weighted by molar-refractivity contribution is 0.593. The third-order valence-electron chi connectivity index (χ3n) is 1.96. The largest absolute Gasteiger partial charge is 0.272 e. The molecule has 0 saturated carbocycles. The lowest BCUT2D eigenvalue weighted by atomic mass is 10.4. The molecule has 6 heteroatoms. The van der Waals surface area contributed by atoms with E-state index in [0.29, 0.717) is 18.0 Å². The van der Waals surface area contributed by atoms with Crippen LogP contribution in [0.1, 0.15) is 6.42 Å². The zero-order valence-electron chi connectivity index (χ0n) is 8.43. The van der Waals surface area contributed by atoms with Crippen LogP contribution in [0.5, 0.6) is 0 Å². The normalized spacial score (nSPS) is 11.3. The van der Waals surface area contributed by atoms with Crippen LogP contribution in [0.15, 0.2) is 24.5 Å². The molecule has 0 N–H and O–H groups in total. The number of nitrogens with zero attached hydrogens (tertiary/aromatic N) is 2. The van der Waals surface area contributed by atoms with E-state index in [1.165, 1.54) is 17.5 Å². The molecule has 0 spiro atoms. The third kappa shape index (κ3) is 3.35. The van der Waals surface area contributed by atoms with Crippen molar-refractivity contribution in [3.63, 3.8) is 0 Å². The molecule has 1 heterocycles. The fourth-order valence-corrected chi connectivity index (χ4v) is 2.58. The molecule has 15 heavy (non-hydrogen) atoms. The van der Waals surface area contributed by atoms with Crippen LogP contribution in [0.4, 0.5) is 5.69 Å². The summed E-state index contributed by atoms with van der Waals surface area (Å²) in [5.41, 5.74) is 0.562. The molecular formula is C9H13ClN2O2S. The number of hydrogen-bond acceptors (Lipinski definition) is 3. The van der Waals surface area contributed by atoms with Gasteiger partial charge in [0.2, 0.25) is 10.0 Å². The highest BCUT2D eigenvalue weighted by Gasteiger charge is 2.17. The standard InChI is InChI=1S/C9H13ClN2O2S/c1-12(9-4-2-6-11-8-9)15(13,14)7-3-5-10/h2,4,6,8H,3,5,7H2,1H3. The fourth-order valence-electron chi connectivity index (χ4n) is 1.07. The van der Waals surface area contributed by atoms with Gasteiger partial charge in [0.05, 0.1) is 17.6 Å². The average Bonchev–Trinajstić information content (AvgIpc) is 2.26. The third-order valence-corrected chi connectivity index (χ3v) is 4.08. The predicted molar refractivity (Wildman–Crippen MR) is 61.8 cm³/mol. The van der Waals surface area contributed by atoms with E-state index in [9.17, 15) is 8.42 Å². The predicted octanol–water partition coefficient (Wildman–Crippen LogP) is 1.48. The summed E-state index contributed by atoms with van der Waals surface area (Å²) in [6.07, 6.45) is 3.56. The molecule has 0 atom stereocenters. The molecule has 0 aromatic carbocycles. The van der Waals surface area contributed by atoms with Crippen molar-refractivity contribution < 1.29 is 8.42 Å². The van der Waals surface area contributed by atoms with E-state index in [-0.39, 0.29) is 5.75 Å². The van der Waals surface area contributed by atoms with Crippen molar-refractivity contribution in [1.82, 2.24) is 4.98 Å². The van der Waals surface area contributed by atoms with E-state index in [0.717, 1.165) is 0 Å². The van der Waals surface area contributed by atoms with Crippen LogP contribution in [0, 0.1) is 0 Å². The van der Waals surface area contributed by atoms with Crippen LogP contribution in [-0.4, -0.2) is 32.1 Å². The van der Waals surface area contributed by atoms with E-state index in [2.05, 4.69) is 4.98 Å². The summed E-state index contributed by atoms with van der Waals surface area (Å²) in [4.78, 5) is 3.87. The second-order valence-corrected chi connectivity index (χ2v) is 5.54. The lowest BCUT2D eigenvalue weighted by Crippen LogP contribution is -2.29. The van der Waals surface area contributed by atoms with Gasteiger partial charge in [0, 0.05) is 19.1 Å². The number of sulfonamides is 1. The number of alkyl halides is 1. The van der Waals surface area contributed by atoms with Crippen LogP contribution in [0.2, 0.25) is 0 Å². The Balaban J connectivity index is 2.80. The second-order valence-electron chi connectivity index (χ2n) is 3.04. The maximum atomic E-state index is 11.7. The monoisotopic (exact) mass is 248 g/mol. The van der Waals surface area contributed by atoms with Crippen molar-refractivity contribution in [3.8, 4) is 0 Å². The second kappa shape index (κ2) is 5.32. The van der Waals surface area contributed by atoms with Gasteiger partial charge < -0.3 is 0 Å². The van der Waals surface area contributed by atoms with Crippen molar-refractivity contribution in [2.45, 2.75) is 6.42 Å². The van der Waals surface area contributed by atoms with Gasteiger partial charge in [0.1, 0.15) is 0 Å². The minimum atomic E-state index is -3.27. The minimum Gasteiger partial charge on any atom is -0.272 e. The van der Waals surface area contributed by atoms with Gasteiger partial charge in [-0.3, -0.25) is 9.29 Å². The molecule has 0 fully saturated rings. The Kier molecular flexibility index (Phi) is 4.35. The van der Waals surface area contributed by atoms with Gasteiger partial charge >= 0.3 is 0 Å². The van der Waals surface area contributed by atoms with Crippen LogP contribution in [0.25, 0.3) is 0 Å². The average molecular weight is 249 g/mol. The molecule has 0 bridgehead atoms. The van der Waals surface area contributed by atoms with E-state index < -0.39 is 10.0 Å². The fraction of sp³-hybridized carbons (Fsp3) is 0.444. The molecule has 1 rings (SSSR count). The number of pyridine rings is 1. The number of halogens is 1.